The van der Waals surface area contributed by atoms with Gasteiger partial charge in [0.15, 0.2) is 0 Å². The van der Waals surface area contributed by atoms with E-state index in [0.717, 1.165) is 44.1 Å². The van der Waals surface area contributed by atoms with Crippen LogP contribution in [-0.2, 0) is 16.1 Å². The minimum atomic E-state index is -0.0926. The predicted molar refractivity (Wildman–Crippen MR) is 125 cm³/mol. The highest BCUT2D eigenvalue weighted by Gasteiger charge is 2.33. The lowest BCUT2D eigenvalue weighted by atomic mass is 9.72. The molecule has 0 radical (unpaired) electrons. The van der Waals surface area contributed by atoms with E-state index in [9.17, 15) is 4.79 Å². The molecule has 0 N–H and O–H groups in total. The van der Waals surface area contributed by atoms with Gasteiger partial charge in [0.2, 0.25) is 0 Å². The van der Waals surface area contributed by atoms with Crippen molar-refractivity contribution in [2.45, 2.75) is 66.0 Å². The van der Waals surface area contributed by atoms with Crippen molar-refractivity contribution in [2.75, 3.05) is 20.2 Å². The van der Waals surface area contributed by atoms with Gasteiger partial charge in [-0.1, -0.05) is 32.9 Å². The summed E-state index contributed by atoms with van der Waals surface area (Å²) in [6.07, 6.45) is 5.17. The lowest BCUT2D eigenvalue weighted by molar-refractivity contribution is -0.151. The number of fused-ring (bicyclic) bond motifs is 1. The fraction of sp³-hybridized carbons (Fsp3) is 0.593. The number of hydrogen-bond donors (Lipinski definition) is 0. The van der Waals surface area contributed by atoms with Gasteiger partial charge >= 0.3 is 5.97 Å². The molecule has 1 heterocycles. The first-order chi connectivity index (χ1) is 14.7. The second kappa shape index (κ2) is 8.82. The number of ether oxygens (including phenoxy) is 2. The Bertz CT molecular complexity index is 931. The molecule has 0 bridgehead atoms. The minimum absolute atomic E-state index is 0.0327. The normalized spacial score (nSPS) is 22.9. The molecule has 1 aliphatic carbocycles. The maximum atomic E-state index is 11.6. The van der Waals surface area contributed by atoms with E-state index in [1.807, 2.05) is 0 Å². The molecule has 168 valence electrons. The first-order valence-corrected chi connectivity index (χ1v) is 11.7. The van der Waals surface area contributed by atoms with Crippen LogP contribution in [0.15, 0.2) is 30.3 Å². The van der Waals surface area contributed by atoms with Gasteiger partial charge in [-0.3, -0.25) is 9.69 Å². The third-order valence-electron chi connectivity index (χ3n) is 7.30. The number of carbonyl (C=O) groups is 1. The fourth-order valence-corrected chi connectivity index (χ4v) is 5.24. The molecule has 0 amide bonds. The summed E-state index contributed by atoms with van der Waals surface area (Å²) in [5, 5.41) is 2.52. The van der Waals surface area contributed by atoms with E-state index in [4.69, 9.17) is 9.47 Å². The summed E-state index contributed by atoms with van der Waals surface area (Å²) < 4.78 is 11.3. The van der Waals surface area contributed by atoms with Gasteiger partial charge < -0.3 is 9.47 Å². The standard InChI is InChI=1S/C27H37NO3/c1-18-12-24(31-23-10-8-22(9-11-23)27(2,3)4)14-20-7-6-19(13-25(18)20)15-28-16-21(17-28)26(29)30-5/h6-7,12-14,21-23H,8-11,15-17H2,1-5H3/t22-,23-. The van der Waals surface area contributed by atoms with E-state index in [-0.39, 0.29) is 11.9 Å². The summed E-state index contributed by atoms with van der Waals surface area (Å²) in [6, 6.07) is 11.1. The number of likely N-dealkylation sites (tertiary alicyclic amines) is 1. The Labute approximate surface area is 186 Å². The summed E-state index contributed by atoms with van der Waals surface area (Å²) >= 11 is 0. The minimum Gasteiger partial charge on any atom is -0.490 e. The zero-order chi connectivity index (χ0) is 22.2. The molecule has 31 heavy (non-hydrogen) atoms. The Morgan fingerprint density at radius 3 is 2.42 bits per heavy atom. The molecule has 2 aromatic rings. The van der Waals surface area contributed by atoms with E-state index < -0.39 is 0 Å². The second-order valence-electron chi connectivity index (χ2n) is 10.7. The van der Waals surface area contributed by atoms with Crippen LogP contribution in [0.1, 0.15) is 57.6 Å². The van der Waals surface area contributed by atoms with E-state index in [0.29, 0.717) is 11.5 Å². The van der Waals surface area contributed by atoms with Crippen LogP contribution in [0.5, 0.6) is 5.75 Å². The summed E-state index contributed by atoms with van der Waals surface area (Å²) in [5.74, 6) is 1.74. The summed E-state index contributed by atoms with van der Waals surface area (Å²) in [6.45, 7) is 11.7. The van der Waals surface area contributed by atoms with Gasteiger partial charge in [0, 0.05) is 19.6 Å². The van der Waals surface area contributed by atoms with Crippen LogP contribution < -0.4 is 4.74 Å². The van der Waals surface area contributed by atoms with Crippen molar-refractivity contribution in [1.29, 1.82) is 0 Å². The van der Waals surface area contributed by atoms with Crippen molar-refractivity contribution < 1.29 is 14.3 Å². The number of rotatable bonds is 5. The predicted octanol–water partition coefficient (Wildman–Crippen LogP) is 5.74. The van der Waals surface area contributed by atoms with Crippen LogP contribution in [0.4, 0.5) is 0 Å². The van der Waals surface area contributed by atoms with Gasteiger partial charge in [0.25, 0.3) is 0 Å². The van der Waals surface area contributed by atoms with Crippen molar-refractivity contribution in [3.05, 3.63) is 41.5 Å². The van der Waals surface area contributed by atoms with E-state index >= 15 is 0 Å². The van der Waals surface area contributed by atoms with Gasteiger partial charge in [-0.25, -0.2) is 0 Å². The van der Waals surface area contributed by atoms with Gasteiger partial charge in [0.05, 0.1) is 19.1 Å². The molecule has 4 rings (SSSR count). The largest absolute Gasteiger partial charge is 0.490 e. The Hall–Kier alpha value is -2.07. The Morgan fingerprint density at radius 2 is 1.77 bits per heavy atom. The molecule has 1 saturated heterocycles. The van der Waals surface area contributed by atoms with Crippen molar-refractivity contribution in [3.8, 4) is 5.75 Å². The zero-order valence-electron chi connectivity index (χ0n) is 19.7. The molecule has 0 unspecified atom stereocenters. The topological polar surface area (TPSA) is 38.8 Å². The van der Waals surface area contributed by atoms with Crippen molar-refractivity contribution >= 4 is 16.7 Å². The highest BCUT2D eigenvalue weighted by atomic mass is 16.5. The smallest absolute Gasteiger partial charge is 0.311 e. The number of methoxy groups -OCH3 is 1. The molecule has 4 heteroatoms. The molecule has 0 spiro atoms. The average Bonchev–Trinajstić information content (AvgIpc) is 2.70. The number of esters is 1. The Kier molecular flexibility index (Phi) is 6.30. The maximum absolute atomic E-state index is 11.6. The fourth-order valence-electron chi connectivity index (χ4n) is 5.24. The van der Waals surface area contributed by atoms with Crippen LogP contribution in [-0.4, -0.2) is 37.2 Å². The van der Waals surface area contributed by atoms with Crippen LogP contribution in [0.2, 0.25) is 0 Å². The van der Waals surface area contributed by atoms with Crippen LogP contribution in [0.3, 0.4) is 0 Å². The van der Waals surface area contributed by atoms with Crippen LogP contribution >= 0.6 is 0 Å². The molecule has 1 saturated carbocycles. The SMILES string of the molecule is COC(=O)C1CN(Cc2ccc3cc(O[C@H]4CC[C@H](C(C)(C)C)CC4)cc(C)c3c2)C1. The van der Waals surface area contributed by atoms with E-state index in [1.165, 1.54) is 41.9 Å². The average molecular weight is 424 g/mol. The quantitative estimate of drug-likeness (QED) is 0.575. The number of hydrogen-bond acceptors (Lipinski definition) is 4. The summed E-state index contributed by atoms with van der Waals surface area (Å²) in [7, 11) is 1.46. The lowest BCUT2D eigenvalue weighted by Gasteiger charge is -2.37. The van der Waals surface area contributed by atoms with E-state index in [2.05, 4.69) is 62.9 Å². The highest BCUT2D eigenvalue weighted by molar-refractivity contribution is 5.87. The number of carbonyl (C=O) groups excluding carboxylic acids is 1. The third kappa shape index (κ3) is 5.06. The molecule has 2 fully saturated rings. The molecule has 0 aromatic heterocycles. The second-order valence-corrected chi connectivity index (χ2v) is 10.7. The maximum Gasteiger partial charge on any atom is 0.311 e. The van der Waals surface area contributed by atoms with Crippen LogP contribution in [0.25, 0.3) is 10.8 Å². The number of benzene rings is 2. The molecule has 2 aromatic carbocycles. The van der Waals surface area contributed by atoms with Gasteiger partial charge in [0.1, 0.15) is 5.75 Å². The van der Waals surface area contributed by atoms with Crippen molar-refractivity contribution in [1.82, 2.24) is 4.90 Å². The molecule has 0 atom stereocenters. The van der Waals surface area contributed by atoms with Crippen molar-refractivity contribution in [2.24, 2.45) is 17.3 Å². The first-order valence-electron chi connectivity index (χ1n) is 11.7. The summed E-state index contributed by atoms with van der Waals surface area (Å²) in [4.78, 5) is 13.9. The monoisotopic (exact) mass is 423 g/mol. The highest BCUT2D eigenvalue weighted by Crippen LogP contribution is 2.39. The molecule has 4 nitrogen and oxygen atoms in total. The zero-order valence-corrected chi connectivity index (χ0v) is 19.7. The number of aryl methyl sites for hydroxylation is 1. The van der Waals surface area contributed by atoms with Crippen molar-refractivity contribution in [3.63, 3.8) is 0 Å². The van der Waals surface area contributed by atoms with Gasteiger partial charge in [-0.15, -0.1) is 0 Å². The van der Waals surface area contributed by atoms with Gasteiger partial charge in [-0.05, 0) is 84.0 Å². The molecule has 2 aliphatic rings. The lowest BCUT2D eigenvalue weighted by Crippen LogP contribution is -2.49. The van der Waals surface area contributed by atoms with Crippen LogP contribution in [0, 0.1) is 24.2 Å². The molecule has 1 aliphatic heterocycles. The summed E-state index contributed by atoms with van der Waals surface area (Å²) in [5.41, 5.74) is 2.94. The Morgan fingerprint density at radius 1 is 1.06 bits per heavy atom. The van der Waals surface area contributed by atoms with Gasteiger partial charge in [-0.2, -0.15) is 0 Å². The first kappa shape index (κ1) is 22.1. The third-order valence-corrected chi connectivity index (χ3v) is 7.30. The molecular weight excluding hydrogens is 386 g/mol. The van der Waals surface area contributed by atoms with E-state index in [1.54, 1.807) is 0 Å². The number of nitrogens with zero attached hydrogens (tertiary/aromatic N) is 1. The Balaban J connectivity index is 1.38. The molecular formula is C27H37NO3.